The largest absolute Gasteiger partial charge is 0.381 e. The fourth-order valence-electron chi connectivity index (χ4n) is 2.52. The van der Waals surface area contributed by atoms with E-state index in [-0.39, 0.29) is 23.9 Å². The molecule has 2 aromatic heterocycles. The minimum absolute atomic E-state index is 0.0782. The molecule has 22 heavy (non-hydrogen) atoms. The van der Waals surface area contributed by atoms with Crippen molar-refractivity contribution < 1.29 is 14.5 Å². The Bertz CT molecular complexity index is 757. The number of H-pyrrole nitrogens is 1. The Morgan fingerprint density at radius 1 is 1.45 bits per heavy atom. The molecule has 2 rings (SSSR count). The monoisotopic (exact) mass is 304 g/mol. The molecule has 0 aliphatic heterocycles. The number of Topliss-reactive ketones (excluding diaryl/α,β-unsaturated/α-hetero) is 2. The maximum atomic E-state index is 12.4. The number of nitro groups is 1. The van der Waals surface area contributed by atoms with E-state index >= 15 is 0 Å². The molecule has 0 saturated heterocycles. The number of imidazole rings is 1. The van der Waals surface area contributed by atoms with E-state index in [1.807, 2.05) is 6.92 Å². The lowest BCUT2D eigenvalue weighted by Gasteiger charge is -2.03. The van der Waals surface area contributed by atoms with Crippen molar-refractivity contribution in [2.45, 2.75) is 33.7 Å². The fourth-order valence-corrected chi connectivity index (χ4v) is 2.52. The van der Waals surface area contributed by atoms with E-state index in [4.69, 9.17) is 0 Å². The van der Waals surface area contributed by atoms with Gasteiger partial charge in [-0.25, -0.2) is 0 Å². The van der Waals surface area contributed by atoms with Gasteiger partial charge in [-0.3, -0.25) is 9.59 Å². The lowest BCUT2D eigenvalue weighted by Crippen LogP contribution is -2.12. The second-order valence-corrected chi connectivity index (χ2v) is 4.97. The molecule has 0 aromatic carbocycles. The zero-order chi connectivity index (χ0) is 16.4. The van der Waals surface area contributed by atoms with Crippen molar-refractivity contribution >= 4 is 17.4 Å². The molecule has 8 heteroatoms. The number of ketones is 2. The topological polar surface area (TPSA) is 111 Å². The number of aromatic nitrogens is 3. The van der Waals surface area contributed by atoms with Crippen molar-refractivity contribution in [3.8, 4) is 0 Å². The summed E-state index contributed by atoms with van der Waals surface area (Å²) in [5.74, 6) is -0.654. The molecule has 2 aromatic rings. The van der Waals surface area contributed by atoms with Crippen LogP contribution in [0.15, 0.2) is 12.5 Å². The molecule has 116 valence electrons. The number of hydrogen-bond acceptors (Lipinski definition) is 5. The average Bonchev–Trinajstić information content (AvgIpc) is 3.02. The summed E-state index contributed by atoms with van der Waals surface area (Å²) in [6.45, 7) is 5.00. The molecule has 0 radical (unpaired) electrons. The van der Waals surface area contributed by atoms with Gasteiger partial charge in [-0.15, -0.1) is 0 Å². The molecule has 0 amide bonds. The highest BCUT2D eigenvalue weighted by Crippen LogP contribution is 2.21. The smallest absolute Gasteiger partial charge is 0.358 e. The quantitative estimate of drug-likeness (QED) is 0.499. The standard InChI is InChI=1S/C14H16N4O4/c1-4-10-13(9(3)19)8(2)16-14(10)11(20)5-17-6-12(15-7-17)18(21)22/h6-7,16H,4-5H2,1-3H3. The Labute approximate surface area is 126 Å². The number of nitrogens with zero attached hydrogens (tertiary/aromatic N) is 3. The van der Waals surface area contributed by atoms with E-state index in [0.29, 0.717) is 28.9 Å². The summed E-state index contributed by atoms with van der Waals surface area (Å²) in [7, 11) is 0. The number of aryl methyl sites for hydroxylation is 1. The molecule has 1 N–H and O–H groups in total. The van der Waals surface area contributed by atoms with Crippen molar-refractivity contribution in [3.63, 3.8) is 0 Å². The number of carbonyl (C=O) groups excluding carboxylic acids is 2. The molecule has 0 atom stereocenters. The number of nitrogens with one attached hydrogen (secondary N) is 1. The molecular formula is C14H16N4O4. The van der Waals surface area contributed by atoms with Crippen LogP contribution in [0.25, 0.3) is 0 Å². The zero-order valence-corrected chi connectivity index (χ0v) is 12.5. The van der Waals surface area contributed by atoms with Gasteiger partial charge in [0.05, 0.1) is 12.2 Å². The third-order valence-corrected chi connectivity index (χ3v) is 3.41. The molecule has 2 heterocycles. The maximum Gasteiger partial charge on any atom is 0.381 e. The summed E-state index contributed by atoms with van der Waals surface area (Å²) >= 11 is 0. The number of rotatable bonds is 6. The van der Waals surface area contributed by atoms with Gasteiger partial charge in [0.1, 0.15) is 6.20 Å². The molecule has 0 fully saturated rings. The van der Waals surface area contributed by atoms with Crippen molar-refractivity contribution in [2.75, 3.05) is 0 Å². The summed E-state index contributed by atoms with van der Waals surface area (Å²) in [5, 5.41) is 10.6. The van der Waals surface area contributed by atoms with Crippen LogP contribution in [0.4, 0.5) is 5.82 Å². The van der Waals surface area contributed by atoms with Crippen LogP contribution in [0.1, 0.15) is 46.0 Å². The van der Waals surface area contributed by atoms with E-state index in [9.17, 15) is 19.7 Å². The molecule has 0 aliphatic rings. The average molecular weight is 304 g/mol. The molecule has 0 aliphatic carbocycles. The van der Waals surface area contributed by atoms with Gasteiger partial charge in [0.25, 0.3) is 0 Å². The third kappa shape index (κ3) is 2.80. The second kappa shape index (κ2) is 5.92. The highest BCUT2D eigenvalue weighted by Gasteiger charge is 2.22. The Morgan fingerprint density at radius 3 is 2.64 bits per heavy atom. The molecule has 0 saturated carbocycles. The molecule has 0 unspecified atom stereocenters. The van der Waals surface area contributed by atoms with E-state index in [2.05, 4.69) is 9.97 Å². The first-order valence-corrected chi connectivity index (χ1v) is 6.76. The Morgan fingerprint density at radius 2 is 2.14 bits per heavy atom. The Kier molecular flexibility index (Phi) is 4.20. The van der Waals surface area contributed by atoms with E-state index in [1.165, 1.54) is 24.0 Å². The predicted molar refractivity (Wildman–Crippen MR) is 78.1 cm³/mol. The first-order chi connectivity index (χ1) is 10.3. The molecule has 0 spiro atoms. The van der Waals surface area contributed by atoms with Crippen LogP contribution < -0.4 is 0 Å². The SMILES string of the molecule is CCc1c(C(=O)Cn2cnc([N+](=O)[O-])c2)[nH]c(C)c1C(C)=O. The minimum Gasteiger partial charge on any atom is -0.358 e. The van der Waals surface area contributed by atoms with Gasteiger partial charge >= 0.3 is 5.82 Å². The van der Waals surface area contributed by atoms with Crippen LogP contribution >= 0.6 is 0 Å². The van der Waals surface area contributed by atoms with Gasteiger partial charge in [0, 0.05) is 11.3 Å². The summed E-state index contributed by atoms with van der Waals surface area (Å²) in [4.78, 5) is 40.6. The summed E-state index contributed by atoms with van der Waals surface area (Å²) in [6, 6.07) is 0. The van der Waals surface area contributed by atoms with Gasteiger partial charge in [0.15, 0.2) is 11.6 Å². The lowest BCUT2D eigenvalue weighted by atomic mass is 10.0. The lowest BCUT2D eigenvalue weighted by molar-refractivity contribution is -0.389. The zero-order valence-electron chi connectivity index (χ0n) is 12.5. The van der Waals surface area contributed by atoms with Crippen LogP contribution in [-0.4, -0.2) is 31.0 Å². The fraction of sp³-hybridized carbons (Fsp3) is 0.357. The van der Waals surface area contributed by atoms with E-state index in [0.717, 1.165) is 0 Å². The van der Waals surface area contributed by atoms with Gasteiger partial charge < -0.3 is 19.7 Å². The summed E-state index contributed by atoms with van der Waals surface area (Å²) in [6.07, 6.45) is 2.99. The first kappa shape index (κ1) is 15.6. The number of hydrogen-bond donors (Lipinski definition) is 1. The van der Waals surface area contributed by atoms with Gasteiger partial charge in [-0.2, -0.15) is 0 Å². The van der Waals surface area contributed by atoms with Crippen LogP contribution in [0.3, 0.4) is 0 Å². The normalized spacial score (nSPS) is 10.7. The molecule has 0 bridgehead atoms. The van der Waals surface area contributed by atoms with Crippen molar-refractivity contribution in [1.29, 1.82) is 0 Å². The predicted octanol–water partition coefficient (Wildman–Crippen LogP) is 2.08. The van der Waals surface area contributed by atoms with Crippen LogP contribution in [0.2, 0.25) is 0 Å². The minimum atomic E-state index is -0.620. The molecular weight excluding hydrogens is 288 g/mol. The van der Waals surface area contributed by atoms with Crippen LogP contribution in [0.5, 0.6) is 0 Å². The first-order valence-electron chi connectivity index (χ1n) is 6.76. The van der Waals surface area contributed by atoms with Crippen molar-refractivity contribution in [3.05, 3.63) is 45.2 Å². The van der Waals surface area contributed by atoms with Crippen LogP contribution in [0, 0.1) is 17.0 Å². The van der Waals surface area contributed by atoms with Crippen LogP contribution in [-0.2, 0) is 13.0 Å². The Balaban J connectivity index is 2.31. The molecule has 8 nitrogen and oxygen atoms in total. The van der Waals surface area contributed by atoms with Gasteiger partial charge in [-0.1, -0.05) is 6.92 Å². The maximum absolute atomic E-state index is 12.4. The van der Waals surface area contributed by atoms with Crippen molar-refractivity contribution in [1.82, 2.24) is 14.5 Å². The van der Waals surface area contributed by atoms with Gasteiger partial charge in [-0.05, 0) is 35.7 Å². The van der Waals surface area contributed by atoms with Crippen molar-refractivity contribution in [2.24, 2.45) is 0 Å². The second-order valence-electron chi connectivity index (χ2n) is 4.97. The summed E-state index contributed by atoms with van der Waals surface area (Å²) < 4.78 is 1.35. The van der Waals surface area contributed by atoms with Gasteiger partial charge in [0.2, 0.25) is 6.33 Å². The van der Waals surface area contributed by atoms with E-state index < -0.39 is 4.92 Å². The van der Waals surface area contributed by atoms with E-state index in [1.54, 1.807) is 6.92 Å². The number of aromatic amines is 1. The Hall–Kier alpha value is -2.77. The summed E-state index contributed by atoms with van der Waals surface area (Å²) in [5.41, 5.74) is 2.26. The highest BCUT2D eigenvalue weighted by atomic mass is 16.6. The number of carbonyl (C=O) groups is 2. The highest BCUT2D eigenvalue weighted by molar-refractivity contribution is 6.03. The third-order valence-electron chi connectivity index (χ3n) is 3.41.